The molecule has 3 heterocycles. The lowest BCUT2D eigenvalue weighted by Crippen LogP contribution is -2.41. The summed E-state index contributed by atoms with van der Waals surface area (Å²) in [6, 6.07) is 9.05. The zero-order chi connectivity index (χ0) is 30.1. The molecule has 6 rings (SSSR count). The lowest BCUT2D eigenvalue weighted by Gasteiger charge is -2.31. The quantitative estimate of drug-likeness (QED) is 0.295. The molecule has 1 aliphatic carbocycles. The van der Waals surface area contributed by atoms with Gasteiger partial charge >= 0.3 is 5.97 Å². The van der Waals surface area contributed by atoms with E-state index >= 15 is 4.39 Å². The van der Waals surface area contributed by atoms with E-state index in [1.807, 2.05) is 18.2 Å². The van der Waals surface area contributed by atoms with Gasteiger partial charge in [0.05, 0.1) is 43.0 Å². The second-order valence-corrected chi connectivity index (χ2v) is 11.9. The Balaban J connectivity index is 1.06. The molecule has 0 N–H and O–H groups in total. The van der Waals surface area contributed by atoms with Crippen LogP contribution in [-0.4, -0.2) is 77.4 Å². The molecular weight excluding hydrogens is 582 g/mol. The number of hydrogen-bond donors (Lipinski definition) is 0. The first kappa shape index (κ1) is 29.5. The minimum absolute atomic E-state index is 0.159. The summed E-state index contributed by atoms with van der Waals surface area (Å²) in [6.07, 6.45) is 2.09. The number of nitrogens with zero attached hydrogens (tertiary/aromatic N) is 4. The van der Waals surface area contributed by atoms with E-state index < -0.39 is 29.9 Å². The Hall–Kier alpha value is -3.57. The number of carbonyl (C=O) groups is 2. The van der Waals surface area contributed by atoms with Crippen LogP contribution in [0.2, 0.25) is 5.02 Å². The first-order valence-corrected chi connectivity index (χ1v) is 15.0. The number of rotatable bonds is 9. The average molecular weight is 615 g/mol. The number of aromatic nitrogens is 2. The maximum Gasteiger partial charge on any atom is 0.328 e. The molecule has 0 spiro atoms. The van der Waals surface area contributed by atoms with Crippen LogP contribution in [0, 0.1) is 11.7 Å². The number of carbonyl (C=O) groups excluding carboxylic acids is 2. The van der Waals surface area contributed by atoms with Gasteiger partial charge in [0.2, 0.25) is 0 Å². The van der Waals surface area contributed by atoms with Crippen LogP contribution in [-0.2, 0) is 16.1 Å². The topological polar surface area (TPSA) is 98.0 Å². The van der Waals surface area contributed by atoms with Crippen LogP contribution in [0.25, 0.3) is 11.5 Å². The van der Waals surface area contributed by atoms with Crippen molar-refractivity contribution in [2.24, 2.45) is 5.92 Å². The molecule has 0 unspecified atom stereocenters. The van der Waals surface area contributed by atoms with Crippen molar-refractivity contribution >= 4 is 23.5 Å². The highest BCUT2D eigenvalue weighted by Crippen LogP contribution is 2.45. The first-order valence-electron chi connectivity index (χ1n) is 14.6. The number of alkyl halides is 1. The van der Waals surface area contributed by atoms with Crippen LogP contribution in [0.3, 0.4) is 0 Å². The summed E-state index contributed by atoms with van der Waals surface area (Å²) in [6.45, 7) is 2.37. The van der Waals surface area contributed by atoms with Gasteiger partial charge in [0.25, 0.3) is 11.8 Å². The molecule has 228 valence electrons. The Morgan fingerprint density at radius 2 is 1.91 bits per heavy atom. The number of methoxy groups -OCH3 is 1. The van der Waals surface area contributed by atoms with Crippen molar-refractivity contribution in [1.82, 2.24) is 19.9 Å². The van der Waals surface area contributed by atoms with Gasteiger partial charge in [0.1, 0.15) is 23.8 Å². The van der Waals surface area contributed by atoms with Crippen molar-refractivity contribution in [3.8, 4) is 17.2 Å². The molecule has 2 aliphatic heterocycles. The molecule has 1 saturated carbocycles. The van der Waals surface area contributed by atoms with Crippen LogP contribution in [0.15, 0.2) is 40.9 Å². The monoisotopic (exact) mass is 614 g/mol. The summed E-state index contributed by atoms with van der Waals surface area (Å²) in [5, 5.41) is 4.67. The average Bonchev–Trinajstić information content (AvgIpc) is 3.63. The Morgan fingerprint density at radius 3 is 2.63 bits per heavy atom. The van der Waals surface area contributed by atoms with Gasteiger partial charge in [0, 0.05) is 12.5 Å². The molecule has 3 aromatic rings. The predicted molar refractivity (Wildman–Crippen MR) is 153 cm³/mol. The molecule has 9 nitrogen and oxygen atoms in total. The summed E-state index contributed by atoms with van der Waals surface area (Å²) in [5.74, 6) is -0.283. The molecule has 2 atom stereocenters. The summed E-state index contributed by atoms with van der Waals surface area (Å²) in [5.41, 5.74) is 1.30. The lowest BCUT2D eigenvalue weighted by molar-refractivity contribution is -0.145. The van der Waals surface area contributed by atoms with Crippen LogP contribution in [0.4, 0.5) is 8.78 Å². The number of halogens is 3. The highest BCUT2D eigenvalue weighted by atomic mass is 35.5. The van der Waals surface area contributed by atoms with Gasteiger partial charge in [-0.15, -0.1) is 0 Å². The molecule has 2 aromatic carbocycles. The fourth-order valence-electron chi connectivity index (χ4n) is 5.88. The van der Waals surface area contributed by atoms with Crippen molar-refractivity contribution in [3.63, 3.8) is 0 Å². The Kier molecular flexibility index (Phi) is 8.63. The summed E-state index contributed by atoms with van der Waals surface area (Å²) in [4.78, 5) is 33.2. The maximum atomic E-state index is 15.3. The van der Waals surface area contributed by atoms with E-state index in [-0.39, 0.29) is 30.4 Å². The summed E-state index contributed by atoms with van der Waals surface area (Å²) in [7, 11) is 1.19. The molecule has 2 saturated heterocycles. The highest BCUT2D eigenvalue weighted by Gasteiger charge is 2.42. The molecule has 43 heavy (non-hydrogen) atoms. The summed E-state index contributed by atoms with van der Waals surface area (Å²) < 4.78 is 45.8. The predicted octanol–water partition coefficient (Wildman–Crippen LogP) is 5.42. The maximum absolute atomic E-state index is 15.3. The highest BCUT2D eigenvalue weighted by molar-refractivity contribution is 6.33. The molecule has 12 heteroatoms. The van der Waals surface area contributed by atoms with E-state index in [9.17, 15) is 14.0 Å². The number of hydrogen-bond acceptors (Lipinski definition) is 8. The van der Waals surface area contributed by atoms with E-state index in [0.29, 0.717) is 41.2 Å². The van der Waals surface area contributed by atoms with E-state index in [1.165, 1.54) is 19.2 Å². The van der Waals surface area contributed by atoms with Gasteiger partial charge in [-0.1, -0.05) is 28.9 Å². The van der Waals surface area contributed by atoms with Gasteiger partial charge in [-0.3, -0.25) is 9.69 Å². The SMILES string of the molecule is COC(=O)[C@@H]1C[C@@H](F)CN1C(=O)c1cc(C2CC2)c(OCC2CCN(Cc3noc(-c4ccccc4Cl)n3)CC2)cc1F. The normalized spacial score (nSPS) is 21.3. The van der Waals surface area contributed by atoms with Crippen LogP contribution in [0.5, 0.6) is 5.75 Å². The van der Waals surface area contributed by atoms with Crippen molar-refractivity contribution in [3.05, 3.63) is 64.2 Å². The Bertz CT molecular complexity index is 1490. The smallest absolute Gasteiger partial charge is 0.328 e. The minimum Gasteiger partial charge on any atom is -0.493 e. The van der Waals surface area contributed by atoms with E-state index in [4.69, 9.17) is 25.6 Å². The molecule has 1 aromatic heterocycles. The Labute approximate surface area is 253 Å². The zero-order valence-corrected chi connectivity index (χ0v) is 24.6. The van der Waals surface area contributed by atoms with Crippen molar-refractivity contribution in [2.75, 3.05) is 33.4 Å². The first-order chi connectivity index (χ1) is 20.8. The van der Waals surface area contributed by atoms with Crippen LogP contribution in [0.1, 0.15) is 59.8 Å². The van der Waals surface area contributed by atoms with E-state index in [2.05, 4.69) is 15.0 Å². The molecule has 1 amide bonds. The van der Waals surface area contributed by atoms with Crippen LogP contribution < -0.4 is 4.74 Å². The van der Waals surface area contributed by atoms with Gasteiger partial charge in [-0.05, 0) is 74.4 Å². The third-order valence-corrected chi connectivity index (χ3v) is 8.78. The fraction of sp³-hybridized carbons (Fsp3) is 0.484. The van der Waals surface area contributed by atoms with E-state index in [1.54, 1.807) is 6.07 Å². The third kappa shape index (κ3) is 6.52. The second kappa shape index (κ2) is 12.6. The Morgan fingerprint density at radius 1 is 1.14 bits per heavy atom. The number of likely N-dealkylation sites (tertiary alicyclic amines) is 2. The fourth-order valence-corrected chi connectivity index (χ4v) is 6.10. The van der Waals surface area contributed by atoms with Crippen molar-refractivity contribution in [1.29, 1.82) is 0 Å². The number of benzene rings is 2. The molecule has 3 aliphatic rings. The number of piperidine rings is 1. The van der Waals surface area contributed by atoms with Gasteiger partial charge < -0.3 is 18.9 Å². The van der Waals surface area contributed by atoms with E-state index in [0.717, 1.165) is 49.2 Å². The molecular formula is C31H33ClF2N4O5. The lowest BCUT2D eigenvalue weighted by atomic mass is 9.97. The van der Waals surface area contributed by atoms with Gasteiger partial charge in [-0.25, -0.2) is 13.6 Å². The standard InChI is InChI=1S/C31H33ClF2N4O5/c1-41-31(40)26-12-20(33)15-38(26)30(39)23-13-22(19-6-7-19)27(14-25(23)34)42-17-18-8-10-37(11-9-18)16-28-35-29(43-36-28)21-4-2-3-5-24(21)32/h2-5,13-14,18-20,26H,6-12,15-17H2,1H3/t20-,26+/m1/s1. The van der Waals surface area contributed by atoms with Gasteiger partial charge in [0.15, 0.2) is 5.82 Å². The molecule has 3 fully saturated rings. The summed E-state index contributed by atoms with van der Waals surface area (Å²) >= 11 is 6.25. The van der Waals surface area contributed by atoms with Gasteiger partial charge in [-0.2, -0.15) is 4.98 Å². The van der Waals surface area contributed by atoms with Crippen molar-refractivity contribution < 1.29 is 32.4 Å². The number of amides is 1. The number of esters is 1. The molecule has 0 bridgehead atoms. The number of ether oxygens (including phenoxy) is 2. The minimum atomic E-state index is -1.37. The van der Waals surface area contributed by atoms with Crippen molar-refractivity contribution in [2.45, 2.75) is 56.8 Å². The second-order valence-electron chi connectivity index (χ2n) is 11.5. The van der Waals surface area contributed by atoms with Crippen LogP contribution >= 0.6 is 11.6 Å². The third-order valence-electron chi connectivity index (χ3n) is 8.45. The zero-order valence-electron chi connectivity index (χ0n) is 23.8. The molecule has 0 radical (unpaired) electrons. The largest absolute Gasteiger partial charge is 0.493 e.